The first-order valence-electron chi connectivity index (χ1n) is 13.6. The Bertz CT molecular complexity index is 1280. The van der Waals surface area contributed by atoms with Crippen LogP contribution in [0.25, 0.3) is 0 Å². The predicted molar refractivity (Wildman–Crippen MR) is 160 cm³/mol. The minimum absolute atomic E-state index is 0.0695. The Balaban J connectivity index is 1.47. The Kier molecular flexibility index (Phi) is 13.6. The fraction of sp³-hybridized carbons (Fsp3) is 0.312. The summed E-state index contributed by atoms with van der Waals surface area (Å²) in [7, 11) is 0. The number of thioether (sulfide) groups is 1. The molecule has 0 aromatic heterocycles. The quantitative estimate of drug-likeness (QED) is 0.188. The van der Waals surface area contributed by atoms with Crippen molar-refractivity contribution >= 4 is 35.6 Å². The zero-order valence-electron chi connectivity index (χ0n) is 23.5. The summed E-state index contributed by atoms with van der Waals surface area (Å²) in [4.78, 5) is 50.3. The zero-order chi connectivity index (χ0) is 30.2. The SMILES string of the molecule is C[C@@H](NC(=O)[C@H](N)CSC[C@H](CC(=O)OCc1ccccc1)C(=O)OCc1ccccc1)C(=O)OCc1ccccc1. The number of carbonyl (C=O) groups excluding carboxylic acids is 4. The lowest BCUT2D eigenvalue weighted by molar-refractivity contribution is -0.155. The number of nitrogens with two attached hydrogens (primary N) is 1. The lowest BCUT2D eigenvalue weighted by atomic mass is 10.1. The van der Waals surface area contributed by atoms with Gasteiger partial charge in [-0.15, -0.1) is 0 Å². The van der Waals surface area contributed by atoms with Crippen LogP contribution in [-0.2, 0) is 53.2 Å². The number of hydrogen-bond acceptors (Lipinski definition) is 9. The van der Waals surface area contributed by atoms with Gasteiger partial charge in [0.2, 0.25) is 5.91 Å². The van der Waals surface area contributed by atoms with Crippen LogP contribution in [0.5, 0.6) is 0 Å². The van der Waals surface area contributed by atoms with Crippen molar-refractivity contribution in [3.63, 3.8) is 0 Å². The number of hydrogen-bond donors (Lipinski definition) is 2. The van der Waals surface area contributed by atoms with Gasteiger partial charge in [0.15, 0.2) is 0 Å². The van der Waals surface area contributed by atoms with Crippen LogP contribution in [0.3, 0.4) is 0 Å². The van der Waals surface area contributed by atoms with Crippen molar-refractivity contribution in [2.75, 3.05) is 11.5 Å². The first-order valence-corrected chi connectivity index (χ1v) is 14.7. The second-order valence-corrected chi connectivity index (χ2v) is 10.7. The summed E-state index contributed by atoms with van der Waals surface area (Å²) >= 11 is 1.24. The highest BCUT2D eigenvalue weighted by molar-refractivity contribution is 7.99. The van der Waals surface area contributed by atoms with E-state index in [2.05, 4.69) is 5.32 Å². The fourth-order valence-corrected chi connectivity index (χ4v) is 4.78. The van der Waals surface area contributed by atoms with Gasteiger partial charge in [0, 0.05) is 11.5 Å². The molecule has 0 spiro atoms. The van der Waals surface area contributed by atoms with Crippen LogP contribution in [0.2, 0.25) is 0 Å². The molecule has 222 valence electrons. The molecule has 0 aliphatic heterocycles. The normalized spacial score (nSPS) is 12.8. The van der Waals surface area contributed by atoms with E-state index in [9.17, 15) is 19.2 Å². The van der Waals surface area contributed by atoms with Crippen molar-refractivity contribution in [2.45, 2.75) is 45.2 Å². The molecule has 10 heteroatoms. The number of rotatable bonds is 16. The lowest BCUT2D eigenvalue weighted by Crippen LogP contribution is -2.48. The minimum atomic E-state index is -0.953. The summed E-state index contributed by atoms with van der Waals surface area (Å²) in [5, 5.41) is 2.56. The molecule has 3 N–H and O–H groups in total. The fourth-order valence-electron chi connectivity index (χ4n) is 3.70. The molecule has 0 bridgehead atoms. The summed E-state index contributed by atoms with van der Waals surface area (Å²) in [6, 6.07) is 25.8. The van der Waals surface area contributed by atoms with Gasteiger partial charge in [-0.2, -0.15) is 11.8 Å². The molecule has 9 nitrogen and oxygen atoms in total. The maximum atomic E-state index is 12.9. The van der Waals surface area contributed by atoms with E-state index >= 15 is 0 Å². The average molecular weight is 593 g/mol. The van der Waals surface area contributed by atoms with Gasteiger partial charge in [-0.3, -0.25) is 14.4 Å². The topological polar surface area (TPSA) is 134 Å². The largest absolute Gasteiger partial charge is 0.461 e. The smallest absolute Gasteiger partial charge is 0.328 e. The molecule has 0 radical (unpaired) electrons. The molecule has 0 unspecified atom stereocenters. The van der Waals surface area contributed by atoms with Gasteiger partial charge in [-0.05, 0) is 23.6 Å². The van der Waals surface area contributed by atoms with Crippen LogP contribution in [0.1, 0.15) is 30.0 Å². The molecule has 42 heavy (non-hydrogen) atoms. The van der Waals surface area contributed by atoms with Crippen LogP contribution in [0.4, 0.5) is 0 Å². The number of ether oxygens (including phenoxy) is 3. The molecule has 1 amide bonds. The first kappa shape index (κ1) is 32.4. The van der Waals surface area contributed by atoms with Crippen LogP contribution < -0.4 is 11.1 Å². The first-order chi connectivity index (χ1) is 20.3. The van der Waals surface area contributed by atoms with E-state index in [0.717, 1.165) is 16.7 Å². The molecule has 0 aliphatic rings. The van der Waals surface area contributed by atoms with Crippen LogP contribution in [0.15, 0.2) is 91.0 Å². The maximum Gasteiger partial charge on any atom is 0.328 e. The van der Waals surface area contributed by atoms with Crippen molar-refractivity contribution in [1.82, 2.24) is 5.32 Å². The third kappa shape index (κ3) is 11.8. The summed E-state index contributed by atoms with van der Waals surface area (Å²) < 4.78 is 16.1. The molecule has 3 atom stereocenters. The highest BCUT2D eigenvalue weighted by Gasteiger charge is 2.26. The Morgan fingerprint density at radius 3 is 1.64 bits per heavy atom. The molecule has 3 aromatic rings. The van der Waals surface area contributed by atoms with Gasteiger partial charge in [-0.1, -0.05) is 91.0 Å². The molecule has 0 saturated carbocycles. The summed E-state index contributed by atoms with van der Waals surface area (Å²) in [5.74, 6) is -2.66. The Labute approximate surface area is 250 Å². The molecule has 0 fully saturated rings. The van der Waals surface area contributed by atoms with E-state index in [1.807, 2.05) is 91.0 Å². The molecular weight excluding hydrogens is 556 g/mol. The highest BCUT2D eigenvalue weighted by atomic mass is 32.2. The molecule has 3 aromatic carbocycles. The number of amides is 1. The highest BCUT2D eigenvalue weighted by Crippen LogP contribution is 2.18. The molecule has 0 aliphatic carbocycles. The number of nitrogens with one attached hydrogen (secondary N) is 1. The lowest BCUT2D eigenvalue weighted by Gasteiger charge is -2.18. The number of benzene rings is 3. The van der Waals surface area contributed by atoms with E-state index in [4.69, 9.17) is 19.9 Å². The molecule has 0 heterocycles. The van der Waals surface area contributed by atoms with Gasteiger partial charge >= 0.3 is 17.9 Å². The van der Waals surface area contributed by atoms with Gasteiger partial charge in [0.25, 0.3) is 0 Å². The third-order valence-corrected chi connectivity index (χ3v) is 7.34. The summed E-state index contributed by atoms with van der Waals surface area (Å²) in [5.41, 5.74) is 8.53. The zero-order valence-corrected chi connectivity index (χ0v) is 24.3. The monoisotopic (exact) mass is 592 g/mol. The standard InChI is InChI=1S/C32H36N2O7S/c1-23(31(37)40-19-25-13-7-3-8-14-25)34-30(36)28(33)22-42-21-27(32(38)41-20-26-15-9-4-10-16-26)17-29(35)39-18-24-11-5-2-6-12-24/h2-16,23,27-28H,17-22,33H2,1H3,(H,34,36)/t23-,27+,28-/m1/s1. The van der Waals surface area contributed by atoms with E-state index in [1.165, 1.54) is 18.7 Å². The Morgan fingerprint density at radius 2 is 1.14 bits per heavy atom. The second kappa shape index (κ2) is 17.6. The van der Waals surface area contributed by atoms with Crippen molar-refractivity contribution in [1.29, 1.82) is 0 Å². The van der Waals surface area contributed by atoms with Crippen molar-refractivity contribution in [3.05, 3.63) is 108 Å². The third-order valence-electron chi connectivity index (χ3n) is 6.10. The second-order valence-electron chi connectivity index (χ2n) is 9.61. The van der Waals surface area contributed by atoms with Crippen molar-refractivity contribution in [2.24, 2.45) is 11.7 Å². The van der Waals surface area contributed by atoms with Gasteiger partial charge < -0.3 is 25.3 Å². The molecular formula is C32H36N2O7S. The van der Waals surface area contributed by atoms with E-state index in [1.54, 1.807) is 0 Å². The van der Waals surface area contributed by atoms with E-state index in [-0.39, 0.29) is 37.7 Å². The van der Waals surface area contributed by atoms with Gasteiger partial charge in [0.1, 0.15) is 25.9 Å². The summed E-state index contributed by atoms with van der Waals surface area (Å²) in [6.45, 7) is 1.78. The maximum absolute atomic E-state index is 12.9. The Hall–Kier alpha value is -4.15. The predicted octanol–water partition coefficient (Wildman–Crippen LogP) is 3.79. The van der Waals surface area contributed by atoms with Gasteiger partial charge in [0.05, 0.1) is 18.4 Å². The van der Waals surface area contributed by atoms with Crippen LogP contribution in [0, 0.1) is 5.92 Å². The number of carbonyl (C=O) groups is 4. The van der Waals surface area contributed by atoms with E-state index < -0.39 is 41.8 Å². The van der Waals surface area contributed by atoms with Gasteiger partial charge in [-0.25, -0.2) is 4.79 Å². The van der Waals surface area contributed by atoms with Crippen LogP contribution >= 0.6 is 11.8 Å². The molecule has 3 rings (SSSR count). The van der Waals surface area contributed by atoms with Crippen molar-refractivity contribution < 1.29 is 33.4 Å². The van der Waals surface area contributed by atoms with Crippen LogP contribution in [-0.4, -0.2) is 47.4 Å². The van der Waals surface area contributed by atoms with E-state index in [0.29, 0.717) is 0 Å². The molecule has 0 saturated heterocycles. The average Bonchev–Trinajstić information content (AvgIpc) is 3.02. The minimum Gasteiger partial charge on any atom is -0.461 e. The summed E-state index contributed by atoms with van der Waals surface area (Å²) in [6.07, 6.45) is -0.181. The Morgan fingerprint density at radius 1 is 0.690 bits per heavy atom. The number of esters is 3. The van der Waals surface area contributed by atoms with Crippen molar-refractivity contribution in [3.8, 4) is 0 Å².